The van der Waals surface area contributed by atoms with Gasteiger partial charge in [-0.1, -0.05) is 47.5 Å². The van der Waals surface area contributed by atoms with Gasteiger partial charge < -0.3 is 16.0 Å². The van der Waals surface area contributed by atoms with Crippen LogP contribution < -0.4 is 11.1 Å². The number of rotatable bonds is 5. The normalized spacial score (nSPS) is 17.6. The van der Waals surface area contributed by atoms with Crippen molar-refractivity contribution in [2.75, 3.05) is 11.9 Å². The average Bonchev–Trinajstić information content (AvgIpc) is 2.93. The molecule has 3 aromatic carbocycles. The fourth-order valence-electron chi connectivity index (χ4n) is 3.95. The Labute approximate surface area is 221 Å². The Morgan fingerprint density at radius 2 is 1.71 bits per heavy atom. The number of fused-ring (bicyclic) bond motifs is 1. The Bertz CT molecular complexity index is 1260. The summed E-state index contributed by atoms with van der Waals surface area (Å²) in [5.74, 6) is -0.303. The summed E-state index contributed by atoms with van der Waals surface area (Å²) >= 11 is 14.4. The third kappa shape index (κ3) is 5.21. The zero-order valence-electron chi connectivity index (χ0n) is 18.1. The number of carbonyl (C=O) groups excluding carboxylic acids is 2. The van der Waals surface area contributed by atoms with Crippen LogP contribution in [0.4, 0.5) is 5.69 Å². The maximum Gasteiger partial charge on any atom is 0.257 e. The molecule has 0 aliphatic carbocycles. The summed E-state index contributed by atoms with van der Waals surface area (Å²) in [4.78, 5) is 32.0. The molecule has 0 radical (unpaired) electrons. The molecule has 0 saturated heterocycles. The van der Waals surface area contributed by atoms with Crippen molar-refractivity contribution in [2.45, 2.75) is 19.0 Å². The lowest BCUT2D eigenvalue weighted by Crippen LogP contribution is -2.41. The quantitative estimate of drug-likeness (QED) is 0.357. The van der Waals surface area contributed by atoms with Gasteiger partial charge in [0.25, 0.3) is 5.91 Å². The van der Waals surface area contributed by atoms with Crippen LogP contribution in [0, 0.1) is 3.57 Å². The molecule has 1 heterocycles. The van der Waals surface area contributed by atoms with Crippen LogP contribution in [0.15, 0.2) is 71.7 Å². The van der Waals surface area contributed by atoms with Crippen LogP contribution in [0.2, 0.25) is 10.0 Å². The average molecular weight is 607 g/mol. The predicted octanol–water partition coefficient (Wildman–Crippen LogP) is 5.85. The summed E-state index contributed by atoms with van der Waals surface area (Å²) in [7, 11) is 0. The second-order valence-corrected chi connectivity index (χ2v) is 10.00. The molecule has 0 fully saturated rings. The van der Waals surface area contributed by atoms with Crippen molar-refractivity contribution in [2.24, 2.45) is 10.7 Å². The number of hydrogen-bond donors (Lipinski definition) is 2. The first-order chi connectivity index (χ1) is 16.2. The molecule has 0 unspecified atom stereocenters. The molecular weight excluding hydrogens is 586 g/mol. The monoisotopic (exact) mass is 606 g/mol. The maximum absolute atomic E-state index is 14.1. The molecule has 3 aromatic rings. The van der Waals surface area contributed by atoms with Gasteiger partial charge in [-0.15, -0.1) is 0 Å². The van der Waals surface area contributed by atoms with E-state index < -0.39 is 11.9 Å². The molecule has 0 spiro atoms. The van der Waals surface area contributed by atoms with Crippen molar-refractivity contribution >= 4 is 69.1 Å². The highest BCUT2D eigenvalue weighted by molar-refractivity contribution is 14.1. The standard InChI is InChI=1S/C25H21Cl2IN4O2/c1-14(15-2-6-17(26)7-3-15)32-23(16-4-8-18(27)9-5-16)24(30-13-22(29)33)31-21-11-10-19(28)12-20(21)25(32)34/h2-12,14,23H,13H2,1H3,(H2,29,33)(H,30,31)/t14-,23+/m1/s1. The van der Waals surface area contributed by atoms with Crippen LogP contribution in [0.5, 0.6) is 0 Å². The highest BCUT2D eigenvalue weighted by atomic mass is 127. The van der Waals surface area contributed by atoms with Crippen LogP contribution in [-0.2, 0) is 4.79 Å². The molecule has 0 saturated carbocycles. The van der Waals surface area contributed by atoms with Crippen LogP contribution in [0.3, 0.4) is 0 Å². The number of nitrogens with two attached hydrogens (primary N) is 1. The lowest BCUT2D eigenvalue weighted by atomic mass is 9.98. The van der Waals surface area contributed by atoms with Gasteiger partial charge >= 0.3 is 0 Å². The summed E-state index contributed by atoms with van der Waals surface area (Å²) in [5, 5.41) is 4.48. The predicted molar refractivity (Wildman–Crippen MR) is 145 cm³/mol. The molecule has 34 heavy (non-hydrogen) atoms. The number of carbonyl (C=O) groups is 2. The Morgan fingerprint density at radius 3 is 2.32 bits per heavy atom. The summed E-state index contributed by atoms with van der Waals surface area (Å²) in [6, 6.07) is 19.2. The van der Waals surface area contributed by atoms with Gasteiger partial charge in [0.2, 0.25) is 5.91 Å². The van der Waals surface area contributed by atoms with Gasteiger partial charge in [-0.05, 0) is 83.1 Å². The topological polar surface area (TPSA) is 87.8 Å². The molecule has 9 heteroatoms. The number of amidine groups is 1. The molecular formula is C25H21Cl2IN4O2. The molecule has 2 atom stereocenters. The highest BCUT2D eigenvalue weighted by Crippen LogP contribution is 2.38. The summed E-state index contributed by atoms with van der Waals surface area (Å²) in [6.45, 7) is 1.73. The van der Waals surface area contributed by atoms with E-state index in [4.69, 9.17) is 28.9 Å². The maximum atomic E-state index is 14.1. The van der Waals surface area contributed by atoms with E-state index in [1.54, 1.807) is 29.2 Å². The third-order valence-corrected chi connectivity index (χ3v) is 6.78. The molecule has 6 nitrogen and oxygen atoms in total. The number of primary amides is 1. The zero-order chi connectivity index (χ0) is 24.4. The van der Waals surface area contributed by atoms with Gasteiger partial charge in [-0.2, -0.15) is 0 Å². The minimum Gasteiger partial charge on any atom is -0.368 e. The number of nitrogens with one attached hydrogen (secondary N) is 1. The number of hydrogen-bond acceptors (Lipinski definition) is 3. The van der Waals surface area contributed by atoms with Crippen LogP contribution in [0.25, 0.3) is 0 Å². The van der Waals surface area contributed by atoms with Gasteiger partial charge in [0.1, 0.15) is 18.4 Å². The van der Waals surface area contributed by atoms with Gasteiger partial charge in [-0.25, -0.2) is 0 Å². The molecule has 3 N–H and O–H groups in total. The second-order valence-electron chi connectivity index (χ2n) is 7.88. The summed E-state index contributed by atoms with van der Waals surface area (Å²) < 4.78 is 0.922. The molecule has 4 rings (SSSR count). The van der Waals surface area contributed by atoms with Crippen molar-refractivity contribution in [1.82, 2.24) is 4.90 Å². The van der Waals surface area contributed by atoms with Crippen molar-refractivity contribution in [3.8, 4) is 0 Å². The largest absolute Gasteiger partial charge is 0.368 e. The van der Waals surface area contributed by atoms with Crippen molar-refractivity contribution < 1.29 is 9.59 Å². The van der Waals surface area contributed by atoms with Crippen molar-refractivity contribution in [1.29, 1.82) is 0 Å². The van der Waals surface area contributed by atoms with Gasteiger partial charge in [-0.3, -0.25) is 14.6 Å². The fourth-order valence-corrected chi connectivity index (χ4v) is 4.69. The van der Waals surface area contributed by atoms with E-state index in [2.05, 4.69) is 32.9 Å². The number of amides is 2. The molecule has 1 aliphatic heterocycles. The van der Waals surface area contributed by atoms with E-state index in [9.17, 15) is 9.59 Å². The third-order valence-electron chi connectivity index (χ3n) is 5.61. The lowest BCUT2D eigenvalue weighted by Gasteiger charge is -2.36. The van der Waals surface area contributed by atoms with E-state index >= 15 is 0 Å². The first-order valence-corrected chi connectivity index (χ1v) is 12.3. The van der Waals surface area contributed by atoms with Crippen molar-refractivity contribution in [3.05, 3.63) is 97.0 Å². The number of benzene rings is 3. The molecule has 1 aliphatic rings. The van der Waals surface area contributed by atoms with Gasteiger partial charge in [0.05, 0.1) is 17.3 Å². The van der Waals surface area contributed by atoms with Crippen LogP contribution in [-0.4, -0.2) is 29.1 Å². The fraction of sp³-hybridized carbons (Fsp3) is 0.160. The van der Waals surface area contributed by atoms with Crippen LogP contribution >= 0.6 is 45.8 Å². The van der Waals surface area contributed by atoms with E-state index in [-0.39, 0.29) is 18.5 Å². The molecule has 0 bridgehead atoms. The Balaban J connectivity index is 1.95. The second kappa shape index (κ2) is 10.3. The van der Waals surface area contributed by atoms with E-state index in [1.807, 2.05) is 49.4 Å². The highest BCUT2D eigenvalue weighted by Gasteiger charge is 2.38. The minimum atomic E-state index is -0.625. The van der Waals surface area contributed by atoms with Gasteiger partial charge in [0.15, 0.2) is 0 Å². The number of halogens is 3. The minimum absolute atomic E-state index is 0.173. The van der Waals surface area contributed by atoms with E-state index in [0.717, 1.165) is 14.7 Å². The summed E-state index contributed by atoms with van der Waals surface area (Å²) in [6.07, 6.45) is 0. The lowest BCUT2D eigenvalue weighted by molar-refractivity contribution is -0.116. The van der Waals surface area contributed by atoms with Crippen LogP contribution in [0.1, 0.15) is 40.5 Å². The molecule has 0 aromatic heterocycles. The SMILES string of the molecule is C[C@H](c1ccc(Cl)cc1)N1C(=O)c2cc(I)ccc2NC(=NCC(N)=O)[C@@H]1c1ccc(Cl)cc1. The Morgan fingerprint density at radius 1 is 1.09 bits per heavy atom. The first-order valence-electron chi connectivity index (χ1n) is 10.5. The smallest absolute Gasteiger partial charge is 0.257 e. The van der Waals surface area contributed by atoms with E-state index in [0.29, 0.717) is 27.1 Å². The Kier molecular flexibility index (Phi) is 7.45. The van der Waals surface area contributed by atoms with Gasteiger partial charge in [0, 0.05) is 13.6 Å². The van der Waals surface area contributed by atoms with E-state index in [1.165, 1.54) is 0 Å². The first kappa shape index (κ1) is 24.5. The Hall–Kier alpha value is -2.62. The molecule has 2 amide bonds. The number of anilines is 1. The van der Waals surface area contributed by atoms with Crippen molar-refractivity contribution in [3.63, 3.8) is 0 Å². The number of nitrogens with zero attached hydrogens (tertiary/aromatic N) is 2. The number of aliphatic imine (C=N–C) groups is 1. The zero-order valence-corrected chi connectivity index (χ0v) is 21.8. The summed E-state index contributed by atoms with van der Waals surface area (Å²) in [5.41, 5.74) is 8.22. The molecule has 174 valence electrons.